The normalized spacial score (nSPS) is 77.0. The number of rotatable bonds is 0. The zero-order valence-electron chi connectivity index (χ0n) is 4.46. The molecule has 1 N–H and O–H groups in total. The zero-order chi connectivity index (χ0) is 4.88. The third-order valence-corrected chi connectivity index (χ3v) is 3.44. The van der Waals surface area contributed by atoms with E-state index in [1.165, 1.54) is 0 Å². The monoisotopic (exact) mass is 105 g/mol. The van der Waals surface area contributed by atoms with E-state index in [-0.39, 0.29) is 0 Å². The quantitative estimate of drug-likeness (QED) is 0.432. The van der Waals surface area contributed by atoms with Crippen LogP contribution in [0.25, 0.3) is 0 Å². The Morgan fingerprint density at radius 2 is 2.38 bits per heavy atom. The summed E-state index contributed by atoms with van der Waals surface area (Å²) in [6.45, 7) is 0. The van der Waals surface area contributed by atoms with Crippen LogP contribution in [-0.4, -0.2) is 12.1 Å². The van der Waals surface area contributed by atoms with E-state index >= 15 is 0 Å². The molecule has 0 aromatic heterocycles. The summed E-state index contributed by atoms with van der Waals surface area (Å²) in [5.41, 5.74) is 1.81. The maximum absolute atomic E-state index is 3.52. The molecule has 0 aromatic rings. The predicted octanol–water partition coefficient (Wildman–Crippen LogP) is 0.143. The van der Waals surface area contributed by atoms with Gasteiger partial charge in [-0.25, -0.2) is 0 Å². The van der Waals surface area contributed by atoms with Gasteiger partial charge in [-0.15, -0.1) is 0 Å². The Morgan fingerprint density at radius 3 is 2.62 bits per heavy atom. The van der Waals surface area contributed by atoms with Crippen molar-refractivity contribution in [3.63, 3.8) is 0 Å². The summed E-state index contributed by atoms with van der Waals surface area (Å²) in [4.78, 5) is 0. The number of piperidine rings is 1. The molecule has 1 nitrogen and oxygen atoms in total. The fourth-order valence-electron chi connectivity index (χ4n) is 3.00. The third-order valence-electron chi connectivity index (χ3n) is 3.44. The van der Waals surface area contributed by atoms with Crippen molar-refractivity contribution in [3.8, 4) is 0 Å². The summed E-state index contributed by atoms with van der Waals surface area (Å²) in [5.74, 6) is 3.24. The maximum Gasteiger partial charge on any atom is 0.0305 e. The smallest absolute Gasteiger partial charge is 0.0305 e. The second-order valence-corrected chi connectivity index (χ2v) is 3.51. The molecule has 8 heavy (non-hydrogen) atoms. The van der Waals surface area contributed by atoms with Crippen LogP contribution < -0.4 is 5.32 Å². The first kappa shape index (κ1) is 3.02. The highest BCUT2D eigenvalue weighted by Gasteiger charge is 2.76. The lowest BCUT2D eigenvalue weighted by Gasteiger charge is -2.52. The molecular formula is C7H7N. The van der Waals surface area contributed by atoms with Gasteiger partial charge in [-0.2, -0.15) is 0 Å². The SMILES string of the molecule is C1=C2C3C4NC1C4C23. The molecule has 1 aliphatic heterocycles. The van der Waals surface area contributed by atoms with Crippen LogP contribution in [0.5, 0.6) is 0 Å². The van der Waals surface area contributed by atoms with Gasteiger partial charge in [0, 0.05) is 23.9 Å². The number of fused-ring (bicyclic) bond motifs is 2. The van der Waals surface area contributed by atoms with Gasteiger partial charge in [0.2, 0.25) is 0 Å². The van der Waals surface area contributed by atoms with Crippen LogP contribution in [0.3, 0.4) is 0 Å². The van der Waals surface area contributed by atoms with Gasteiger partial charge in [-0.05, 0) is 5.92 Å². The topological polar surface area (TPSA) is 12.0 Å². The second-order valence-electron chi connectivity index (χ2n) is 3.51. The van der Waals surface area contributed by atoms with E-state index in [1.54, 1.807) is 0 Å². The van der Waals surface area contributed by atoms with Crippen molar-refractivity contribution in [3.05, 3.63) is 11.6 Å². The van der Waals surface area contributed by atoms with Gasteiger partial charge < -0.3 is 5.32 Å². The highest BCUT2D eigenvalue weighted by molar-refractivity contribution is 5.54. The average Bonchev–Trinajstić information content (AvgIpc) is 2.32. The minimum Gasteiger partial charge on any atom is -0.306 e. The van der Waals surface area contributed by atoms with E-state index in [1.807, 2.05) is 5.57 Å². The summed E-state index contributed by atoms with van der Waals surface area (Å²) in [7, 11) is 0. The van der Waals surface area contributed by atoms with Crippen LogP contribution in [0.15, 0.2) is 11.6 Å². The third kappa shape index (κ3) is 0.111. The van der Waals surface area contributed by atoms with E-state index in [4.69, 9.17) is 0 Å². The lowest BCUT2D eigenvalue weighted by Crippen LogP contribution is -2.68. The summed E-state index contributed by atoms with van der Waals surface area (Å²) >= 11 is 0. The molecule has 0 radical (unpaired) electrons. The number of hydrogen-bond acceptors (Lipinski definition) is 1. The Balaban J connectivity index is 2.15. The van der Waals surface area contributed by atoms with Gasteiger partial charge >= 0.3 is 0 Å². The van der Waals surface area contributed by atoms with Crippen molar-refractivity contribution in [2.24, 2.45) is 17.8 Å². The molecule has 4 rings (SSSR count). The lowest BCUT2D eigenvalue weighted by molar-refractivity contribution is 0.0525. The molecule has 40 valence electrons. The highest BCUT2D eigenvalue weighted by atomic mass is 15.2. The van der Waals surface area contributed by atoms with Gasteiger partial charge in [0.1, 0.15) is 0 Å². The summed E-state index contributed by atoms with van der Waals surface area (Å²) in [6, 6.07) is 1.80. The summed E-state index contributed by atoms with van der Waals surface area (Å²) < 4.78 is 0. The standard InChI is InChI=1S/C7H7N/c1-2-4-5(2)7-6(4)3(1)8-7/h1,3-8H. The van der Waals surface area contributed by atoms with Crippen LogP contribution in [0.4, 0.5) is 0 Å². The Hall–Kier alpha value is -0.300. The Kier molecular flexibility index (Phi) is 0.212. The average molecular weight is 105 g/mol. The fraction of sp³-hybridized carbons (Fsp3) is 0.714. The minimum atomic E-state index is 0.838. The Morgan fingerprint density at radius 1 is 1.38 bits per heavy atom. The van der Waals surface area contributed by atoms with Crippen LogP contribution >= 0.6 is 0 Å². The first-order valence-corrected chi connectivity index (χ1v) is 3.44. The fourth-order valence-corrected chi connectivity index (χ4v) is 3.00. The van der Waals surface area contributed by atoms with E-state index in [2.05, 4.69) is 11.4 Å². The van der Waals surface area contributed by atoms with Crippen molar-refractivity contribution in [1.29, 1.82) is 0 Å². The predicted molar refractivity (Wildman–Crippen MR) is 29.3 cm³/mol. The highest BCUT2D eigenvalue weighted by Crippen LogP contribution is 2.73. The van der Waals surface area contributed by atoms with Gasteiger partial charge in [0.15, 0.2) is 0 Å². The van der Waals surface area contributed by atoms with Gasteiger partial charge in [-0.1, -0.05) is 11.6 Å². The molecular weight excluding hydrogens is 98.1 g/mol. The molecule has 4 aliphatic rings. The second kappa shape index (κ2) is 0.561. The first-order chi connectivity index (χ1) is 3.97. The minimum absolute atomic E-state index is 0.838. The van der Waals surface area contributed by atoms with Crippen LogP contribution in [0.2, 0.25) is 0 Å². The van der Waals surface area contributed by atoms with Crippen LogP contribution in [0.1, 0.15) is 0 Å². The first-order valence-electron chi connectivity index (χ1n) is 3.44. The molecule has 3 aliphatic carbocycles. The molecule has 0 aromatic carbocycles. The van der Waals surface area contributed by atoms with Crippen molar-refractivity contribution < 1.29 is 0 Å². The van der Waals surface area contributed by atoms with Crippen molar-refractivity contribution >= 4 is 0 Å². The maximum atomic E-state index is 3.52. The van der Waals surface area contributed by atoms with E-state index in [0.29, 0.717) is 0 Å². The molecule has 2 saturated carbocycles. The lowest BCUT2D eigenvalue weighted by atomic mass is 9.67. The van der Waals surface area contributed by atoms with Crippen molar-refractivity contribution in [1.82, 2.24) is 5.32 Å². The Bertz CT molecular complexity index is 218. The molecule has 0 amide bonds. The molecule has 5 unspecified atom stereocenters. The van der Waals surface area contributed by atoms with Gasteiger partial charge in [0.05, 0.1) is 0 Å². The van der Waals surface area contributed by atoms with Gasteiger partial charge in [-0.3, -0.25) is 0 Å². The van der Waals surface area contributed by atoms with Crippen molar-refractivity contribution in [2.45, 2.75) is 12.1 Å². The zero-order valence-corrected chi connectivity index (χ0v) is 4.46. The van der Waals surface area contributed by atoms with Crippen LogP contribution in [-0.2, 0) is 0 Å². The van der Waals surface area contributed by atoms with Crippen molar-refractivity contribution in [2.75, 3.05) is 0 Å². The van der Waals surface area contributed by atoms with Crippen LogP contribution in [0, 0.1) is 17.8 Å². The van der Waals surface area contributed by atoms with E-state index in [9.17, 15) is 0 Å². The molecule has 1 saturated heterocycles. The van der Waals surface area contributed by atoms with E-state index < -0.39 is 0 Å². The number of nitrogens with one attached hydrogen (secondary N) is 1. The molecule has 0 spiro atoms. The summed E-state index contributed by atoms with van der Waals surface area (Å²) in [5, 5.41) is 3.52. The van der Waals surface area contributed by atoms with E-state index in [0.717, 1.165) is 29.8 Å². The molecule has 3 fully saturated rings. The molecule has 5 atom stereocenters. The largest absolute Gasteiger partial charge is 0.306 e. The summed E-state index contributed by atoms with van der Waals surface area (Å²) in [6.07, 6.45) is 2.46. The number of hydrogen-bond donors (Lipinski definition) is 1. The molecule has 1 heteroatoms. The molecule has 0 bridgehead atoms. The molecule has 1 heterocycles. The van der Waals surface area contributed by atoms with Gasteiger partial charge in [0.25, 0.3) is 0 Å². The Labute approximate surface area is 47.8 Å².